The van der Waals surface area contributed by atoms with E-state index in [9.17, 15) is 0 Å². The van der Waals surface area contributed by atoms with Crippen LogP contribution in [0.1, 0.15) is 22.3 Å². The highest BCUT2D eigenvalue weighted by Gasteiger charge is 2.32. The Morgan fingerprint density at radius 1 is 0.792 bits per heavy atom. The number of rotatable bonds is 5. The monoisotopic (exact) mass is 322 g/mol. The minimum Gasteiger partial charge on any atom is -0.405 e. The molecule has 6 heteroatoms. The first kappa shape index (κ1) is 15.9. The van der Waals surface area contributed by atoms with Crippen LogP contribution < -0.4 is 10.9 Å². The van der Waals surface area contributed by atoms with Crippen LogP contribution in [0.25, 0.3) is 0 Å². The van der Waals surface area contributed by atoms with Gasteiger partial charge >= 0.3 is 14.2 Å². The van der Waals surface area contributed by atoms with E-state index in [4.69, 9.17) is 18.6 Å². The normalized spacial score (nSPS) is 15.8. The van der Waals surface area contributed by atoms with Crippen LogP contribution in [-0.2, 0) is 31.8 Å². The smallest absolute Gasteiger partial charge is 0.405 e. The van der Waals surface area contributed by atoms with Crippen molar-refractivity contribution in [3.63, 3.8) is 0 Å². The Morgan fingerprint density at radius 3 is 1.71 bits per heavy atom. The van der Waals surface area contributed by atoms with Gasteiger partial charge in [-0.2, -0.15) is 0 Å². The quantitative estimate of drug-likeness (QED) is 0.617. The van der Waals surface area contributed by atoms with Crippen molar-refractivity contribution in [1.82, 2.24) is 0 Å². The summed E-state index contributed by atoms with van der Waals surface area (Å²) in [7, 11) is -0.577. The van der Waals surface area contributed by atoms with Crippen LogP contribution in [-0.4, -0.2) is 27.5 Å². The third kappa shape index (κ3) is 3.15. The van der Waals surface area contributed by atoms with Gasteiger partial charge in [-0.1, -0.05) is 47.5 Å². The minimum atomic E-state index is -0.288. The maximum absolute atomic E-state index is 5.83. The molecule has 0 atom stereocenters. The van der Waals surface area contributed by atoms with Gasteiger partial charge in [-0.3, -0.25) is 0 Å². The Labute approximate surface area is 143 Å². The second kappa shape index (κ2) is 6.73. The largest absolute Gasteiger partial charge is 0.494 e. The second-order valence-corrected chi connectivity index (χ2v) is 6.43. The first-order valence-electron chi connectivity index (χ1n) is 8.36. The predicted octanol–water partition coefficient (Wildman–Crippen LogP) is 1.49. The molecule has 4 rings (SSSR count). The summed E-state index contributed by atoms with van der Waals surface area (Å²) in [6.07, 6.45) is 0. The molecule has 0 aliphatic carbocycles. The van der Waals surface area contributed by atoms with Crippen molar-refractivity contribution in [2.24, 2.45) is 0 Å². The fourth-order valence-electron chi connectivity index (χ4n) is 3.28. The number of fused-ring (bicyclic) bond motifs is 2. The molecule has 4 nitrogen and oxygen atoms in total. The van der Waals surface area contributed by atoms with Crippen LogP contribution in [0.4, 0.5) is 0 Å². The van der Waals surface area contributed by atoms with Gasteiger partial charge in [0.25, 0.3) is 0 Å². The fraction of sp³-hybridized carbons (Fsp3) is 0.333. The molecule has 2 aromatic carbocycles. The van der Waals surface area contributed by atoms with E-state index in [-0.39, 0.29) is 14.2 Å². The molecular formula is C18H20B2O4. The van der Waals surface area contributed by atoms with Crippen molar-refractivity contribution in [2.45, 2.75) is 27.1 Å². The molecule has 2 aliphatic heterocycles. The Hall–Kier alpha value is -1.59. The zero-order valence-corrected chi connectivity index (χ0v) is 14.1. The highest BCUT2D eigenvalue weighted by atomic mass is 16.6. The summed E-state index contributed by atoms with van der Waals surface area (Å²) in [5.41, 5.74) is 7.16. The summed E-state index contributed by atoms with van der Waals surface area (Å²) in [6, 6.07) is 12.7. The van der Waals surface area contributed by atoms with Gasteiger partial charge < -0.3 is 18.6 Å². The molecule has 0 saturated carbocycles. The lowest BCUT2D eigenvalue weighted by Gasteiger charge is -2.11. The van der Waals surface area contributed by atoms with Crippen molar-refractivity contribution in [3.8, 4) is 0 Å². The third-order valence-corrected chi connectivity index (χ3v) is 4.51. The van der Waals surface area contributed by atoms with E-state index in [1.165, 1.54) is 22.3 Å². The molecule has 2 aliphatic rings. The van der Waals surface area contributed by atoms with E-state index in [1.807, 2.05) is 0 Å². The van der Waals surface area contributed by atoms with Crippen LogP contribution in [0.2, 0.25) is 0 Å². The number of aryl methyl sites for hydroxylation is 2. The van der Waals surface area contributed by atoms with Gasteiger partial charge in [-0.15, -0.1) is 0 Å². The van der Waals surface area contributed by atoms with Crippen molar-refractivity contribution in [1.29, 1.82) is 0 Å². The molecule has 0 radical (unpaired) electrons. The summed E-state index contributed by atoms with van der Waals surface area (Å²) >= 11 is 0. The van der Waals surface area contributed by atoms with Crippen LogP contribution >= 0.6 is 0 Å². The highest BCUT2D eigenvalue weighted by Crippen LogP contribution is 2.15. The first-order chi connectivity index (χ1) is 11.7. The molecular weight excluding hydrogens is 302 g/mol. The average Bonchev–Trinajstić information content (AvgIpc) is 3.15. The molecule has 2 aromatic rings. The van der Waals surface area contributed by atoms with Crippen molar-refractivity contribution < 1.29 is 18.6 Å². The van der Waals surface area contributed by atoms with Crippen LogP contribution in [0.3, 0.4) is 0 Å². The summed E-state index contributed by atoms with van der Waals surface area (Å²) < 4.78 is 23.1. The average molecular weight is 322 g/mol. The van der Waals surface area contributed by atoms with E-state index in [0.29, 0.717) is 26.4 Å². The van der Waals surface area contributed by atoms with Gasteiger partial charge in [-0.25, -0.2) is 0 Å². The molecule has 0 N–H and O–H groups in total. The molecule has 0 bridgehead atoms. The molecule has 0 unspecified atom stereocenters. The van der Waals surface area contributed by atoms with E-state index in [2.05, 4.69) is 50.2 Å². The molecule has 0 aromatic heterocycles. The number of benzene rings is 2. The Kier molecular flexibility index (Phi) is 4.46. The maximum atomic E-state index is 5.83. The van der Waals surface area contributed by atoms with Gasteiger partial charge in [-0.05, 0) is 35.9 Å². The summed E-state index contributed by atoms with van der Waals surface area (Å²) in [5.74, 6) is 0. The fourth-order valence-corrected chi connectivity index (χ4v) is 3.28. The standard InChI is InChI=1S/C18H20B2O4/c1-13-3-5-17-15(9-13)11-23-19(17)21-7-8-22-20-18-6-4-14(2)10-16(18)12-24-20/h3-6,9-10H,7-8,11-12H2,1-2H3. The van der Waals surface area contributed by atoms with E-state index in [1.54, 1.807) is 0 Å². The van der Waals surface area contributed by atoms with Crippen LogP contribution in [0.15, 0.2) is 36.4 Å². The Balaban J connectivity index is 1.28. The molecule has 0 amide bonds. The molecule has 2 heterocycles. The molecule has 0 spiro atoms. The van der Waals surface area contributed by atoms with Gasteiger partial charge in [0, 0.05) is 0 Å². The maximum Gasteiger partial charge on any atom is 0.494 e. The van der Waals surface area contributed by atoms with E-state index >= 15 is 0 Å². The zero-order chi connectivity index (χ0) is 16.5. The lowest BCUT2D eigenvalue weighted by atomic mass is 9.78. The highest BCUT2D eigenvalue weighted by molar-refractivity contribution is 6.63. The zero-order valence-electron chi connectivity index (χ0n) is 14.1. The molecule has 0 saturated heterocycles. The second-order valence-electron chi connectivity index (χ2n) is 6.43. The number of hydrogen-bond donors (Lipinski definition) is 0. The summed E-state index contributed by atoms with van der Waals surface area (Å²) in [4.78, 5) is 0. The van der Waals surface area contributed by atoms with E-state index < -0.39 is 0 Å². The van der Waals surface area contributed by atoms with Gasteiger partial charge in [0.1, 0.15) is 0 Å². The number of hydrogen-bond acceptors (Lipinski definition) is 4. The Bertz CT molecular complexity index is 686. The van der Waals surface area contributed by atoms with Crippen molar-refractivity contribution in [3.05, 3.63) is 58.7 Å². The lowest BCUT2D eigenvalue weighted by Crippen LogP contribution is -2.36. The van der Waals surface area contributed by atoms with Gasteiger partial charge in [0.15, 0.2) is 0 Å². The van der Waals surface area contributed by atoms with Gasteiger partial charge in [0.05, 0.1) is 26.4 Å². The summed E-state index contributed by atoms with van der Waals surface area (Å²) in [5, 5.41) is 0. The van der Waals surface area contributed by atoms with Gasteiger partial charge in [0.2, 0.25) is 0 Å². The lowest BCUT2D eigenvalue weighted by molar-refractivity contribution is 0.149. The van der Waals surface area contributed by atoms with E-state index in [0.717, 1.165) is 10.9 Å². The van der Waals surface area contributed by atoms with Crippen molar-refractivity contribution in [2.75, 3.05) is 13.2 Å². The summed E-state index contributed by atoms with van der Waals surface area (Å²) in [6.45, 7) is 6.34. The third-order valence-electron chi connectivity index (χ3n) is 4.51. The SMILES string of the molecule is Cc1ccc2c(c1)COB2OCCOB1OCc2cc(C)ccc21. The Morgan fingerprint density at radius 2 is 1.25 bits per heavy atom. The van der Waals surface area contributed by atoms with Crippen LogP contribution in [0.5, 0.6) is 0 Å². The molecule has 122 valence electrons. The van der Waals surface area contributed by atoms with Crippen molar-refractivity contribution >= 4 is 25.2 Å². The minimum absolute atomic E-state index is 0.288. The van der Waals surface area contributed by atoms with Crippen LogP contribution in [0, 0.1) is 13.8 Å². The molecule has 24 heavy (non-hydrogen) atoms. The first-order valence-corrected chi connectivity index (χ1v) is 8.36. The topological polar surface area (TPSA) is 36.9 Å². The molecule has 0 fully saturated rings. The predicted molar refractivity (Wildman–Crippen MR) is 94.6 cm³/mol.